The quantitative estimate of drug-likeness (QED) is 0.260. The van der Waals surface area contributed by atoms with Crippen LogP contribution in [0.3, 0.4) is 0 Å². The van der Waals surface area contributed by atoms with Gasteiger partial charge in [0.25, 0.3) is 0 Å². The first-order valence-electron chi connectivity index (χ1n) is 1.35. The van der Waals surface area contributed by atoms with Crippen LogP contribution >= 0.6 is 8.25 Å². The number of hydrogen-bond donors (Lipinski definition) is 4. The van der Waals surface area contributed by atoms with E-state index in [1.807, 2.05) is 0 Å². The van der Waals surface area contributed by atoms with Crippen LogP contribution in [0.15, 0.2) is 0 Å². The minimum atomic E-state index is -5.52. The number of rotatable bonds is 0. The van der Waals surface area contributed by atoms with Gasteiger partial charge in [-0.15, -0.1) is 0 Å². The summed E-state index contributed by atoms with van der Waals surface area (Å²) < 4.78 is 40.8. The van der Waals surface area contributed by atoms with Crippen LogP contribution in [0.1, 0.15) is 0 Å². The Morgan fingerprint density at radius 1 is 1.10 bits per heavy atom. The van der Waals surface area contributed by atoms with Gasteiger partial charge in [0.1, 0.15) is 0 Å². The van der Waals surface area contributed by atoms with Gasteiger partial charge in [-0.2, -0.15) is 0 Å². The number of hydrogen-bond acceptors (Lipinski definition) is 3. The van der Waals surface area contributed by atoms with Gasteiger partial charge in [0.05, 0.1) is 0 Å². The van der Waals surface area contributed by atoms with E-state index in [2.05, 4.69) is 0 Å². The Morgan fingerprint density at radius 2 is 1.10 bits per heavy atom. The van der Waals surface area contributed by atoms with E-state index in [1.165, 1.54) is 0 Å². The fraction of sp³-hybridized carbons (Fsp3) is 0. The van der Waals surface area contributed by atoms with Crippen molar-refractivity contribution in [3.63, 3.8) is 0 Å². The average molecular weight is 428 g/mol. The van der Waals surface area contributed by atoms with Gasteiger partial charge in [0.2, 0.25) is 0 Å². The maximum Gasteiger partial charge on any atom is 0 e. The van der Waals surface area contributed by atoms with E-state index in [9.17, 15) is 0 Å². The summed E-state index contributed by atoms with van der Waals surface area (Å²) in [6.45, 7) is 0. The topological polar surface area (TPSA) is 132 Å². The molecule has 64 valence electrons. The standard InChI is InChI=1S/Mo.H3O3P.2H2O.2O.W/c;1-4(2)3;;;;;/h;4H,(H2,1,2,3);2*1H2;;;/q+2;;;;;;/p-2. The second-order valence-electron chi connectivity index (χ2n) is 0.730. The normalized spacial score (nSPS) is 9.30. The molecule has 0 aromatic heterocycles. The molecule has 0 aliphatic rings. The van der Waals surface area contributed by atoms with Crippen LogP contribution in [-0.2, 0) is 49.2 Å². The molecule has 0 radical (unpaired) electrons. The molecule has 0 aromatic rings. The van der Waals surface area contributed by atoms with Crippen LogP contribution in [0.5, 0.6) is 0 Å². The molecule has 0 fully saturated rings. The van der Waals surface area contributed by atoms with Gasteiger partial charge in [-0.25, -0.2) is 0 Å². The molecule has 0 saturated heterocycles. The summed E-state index contributed by atoms with van der Waals surface area (Å²) in [4.78, 5) is 14.3. The third-order valence-corrected chi connectivity index (χ3v) is 0. The summed E-state index contributed by atoms with van der Waals surface area (Å²) in [6.07, 6.45) is 0. The Hall–Kier alpha value is 1.05. The first-order chi connectivity index (χ1) is 3.73. The SMILES string of the molecule is O=[PH](O)O.[O]=[Mo](=[O])([OH])[OH].[W]. The smallest absolute Gasteiger partial charge is 0 e. The monoisotopic (exact) mass is 430 g/mol. The molecule has 0 heterocycles. The van der Waals surface area contributed by atoms with Gasteiger partial charge in [-0.3, -0.25) is 4.57 Å². The van der Waals surface area contributed by atoms with Gasteiger partial charge >= 0.3 is 39.3 Å². The van der Waals surface area contributed by atoms with Gasteiger partial charge in [0.15, 0.2) is 0 Å². The second kappa shape index (κ2) is 8.15. The van der Waals surface area contributed by atoms with Crippen molar-refractivity contribution in [2.45, 2.75) is 0 Å². The van der Waals surface area contributed by atoms with Crippen LogP contribution in [0.2, 0.25) is 0 Å². The fourth-order valence-corrected chi connectivity index (χ4v) is 0. The summed E-state index contributed by atoms with van der Waals surface area (Å²) in [5.41, 5.74) is 0. The van der Waals surface area contributed by atoms with E-state index < -0.39 is 25.0 Å². The predicted octanol–water partition coefficient (Wildman–Crippen LogP) is -2.00. The summed E-state index contributed by atoms with van der Waals surface area (Å²) in [7, 11) is -3.13. The van der Waals surface area contributed by atoms with E-state index in [1.54, 1.807) is 0 Å². The van der Waals surface area contributed by atoms with Crippen molar-refractivity contribution in [3.8, 4) is 0 Å². The first kappa shape index (κ1) is 17.2. The van der Waals surface area contributed by atoms with Crippen molar-refractivity contribution in [1.29, 1.82) is 0 Å². The third kappa shape index (κ3) is 535. The molecule has 10 heavy (non-hydrogen) atoms. The molecule has 0 saturated carbocycles. The molecule has 0 spiro atoms. The summed E-state index contributed by atoms with van der Waals surface area (Å²) in [6, 6.07) is 0. The first-order valence-corrected chi connectivity index (χ1v) is 6.09. The van der Waals surface area contributed by atoms with Crippen molar-refractivity contribution in [1.82, 2.24) is 0 Å². The minimum Gasteiger partial charge on any atom is 0 e. The Kier molecular flexibility index (Phi) is 14.0. The van der Waals surface area contributed by atoms with Crippen molar-refractivity contribution in [2.24, 2.45) is 0 Å². The molecule has 0 aliphatic heterocycles. The molecule has 0 atom stereocenters. The molecule has 4 N–H and O–H groups in total. The maximum absolute atomic E-state index is 8.85. The molecule has 0 bridgehead atoms. The van der Waals surface area contributed by atoms with Crippen molar-refractivity contribution in [2.75, 3.05) is 0 Å². The molecular weight excluding hydrogens is 423 g/mol. The molecule has 0 rings (SSSR count). The van der Waals surface area contributed by atoms with Crippen LogP contribution in [0, 0.1) is 0 Å². The zero-order chi connectivity index (χ0) is 8.08. The zero-order valence-corrected chi connectivity index (χ0v) is 10.3. The van der Waals surface area contributed by atoms with Crippen LogP contribution in [0.25, 0.3) is 0 Å². The van der Waals surface area contributed by atoms with Gasteiger partial charge in [0, 0.05) is 21.1 Å². The summed E-state index contributed by atoms with van der Waals surface area (Å²) >= 11 is -5.52. The third-order valence-electron chi connectivity index (χ3n) is 0. The molecule has 0 unspecified atom stereocenters. The average Bonchev–Trinajstić information content (AvgIpc) is 1.19. The molecule has 10 heteroatoms. The van der Waals surface area contributed by atoms with Gasteiger partial charge < -0.3 is 9.79 Å². The van der Waals surface area contributed by atoms with Gasteiger partial charge in [-0.1, -0.05) is 0 Å². The molecule has 7 nitrogen and oxygen atoms in total. The molecular formula is H5MoO7PW. The van der Waals surface area contributed by atoms with Crippen molar-refractivity contribution < 1.29 is 66.5 Å². The Bertz CT molecular complexity index is 156. The van der Waals surface area contributed by atoms with E-state index in [0.29, 0.717) is 0 Å². The van der Waals surface area contributed by atoms with Crippen molar-refractivity contribution in [3.05, 3.63) is 0 Å². The largest absolute Gasteiger partial charge is 0 e. The molecule has 0 aliphatic carbocycles. The van der Waals surface area contributed by atoms with Crippen molar-refractivity contribution >= 4 is 8.25 Å². The zero-order valence-electron chi connectivity index (χ0n) is 4.33. The van der Waals surface area contributed by atoms with Crippen LogP contribution < -0.4 is 0 Å². The maximum atomic E-state index is 8.85. The van der Waals surface area contributed by atoms with E-state index in [4.69, 9.17) is 28.7 Å². The van der Waals surface area contributed by atoms with E-state index >= 15 is 0 Å². The Balaban J connectivity index is -0.0000000910. The van der Waals surface area contributed by atoms with Crippen LogP contribution in [-0.4, -0.2) is 17.3 Å². The predicted molar refractivity (Wildman–Crippen MR) is 19.2 cm³/mol. The second-order valence-corrected chi connectivity index (χ2v) is 3.50. The fourth-order valence-electron chi connectivity index (χ4n) is 0. The summed E-state index contributed by atoms with van der Waals surface area (Å²) in [5.74, 6) is 0. The van der Waals surface area contributed by atoms with Gasteiger partial charge in [-0.05, 0) is 0 Å². The minimum absolute atomic E-state index is 0. The van der Waals surface area contributed by atoms with E-state index in [-0.39, 0.29) is 21.1 Å². The Labute approximate surface area is 74.6 Å². The molecule has 0 amide bonds. The van der Waals surface area contributed by atoms with E-state index in [0.717, 1.165) is 0 Å². The Morgan fingerprint density at radius 3 is 1.10 bits per heavy atom. The molecule has 0 aromatic carbocycles. The van der Waals surface area contributed by atoms with Crippen LogP contribution in [0.4, 0.5) is 0 Å². The summed E-state index contributed by atoms with van der Waals surface area (Å²) in [5, 5.41) is 0.